The first kappa shape index (κ1) is 35.1. The molecule has 0 unspecified atom stereocenters. The Labute approximate surface area is 320 Å². The van der Waals surface area contributed by atoms with Crippen LogP contribution in [-0.2, 0) is 18.5 Å². The van der Waals surface area contributed by atoms with Crippen molar-refractivity contribution in [3.05, 3.63) is 204 Å². The van der Waals surface area contributed by atoms with Gasteiger partial charge in [-0.25, -0.2) is 14.5 Å². The monoisotopic (exact) mass is 720 g/mol. The Balaban J connectivity index is 1.36. The topological polar surface area (TPSA) is 98.7 Å². The average molecular weight is 721 g/mol. The Morgan fingerprint density at radius 1 is 0.673 bits per heavy atom. The number of aryl methyl sites for hydroxylation is 1. The summed E-state index contributed by atoms with van der Waals surface area (Å²) in [5.41, 5.74) is 7.62. The maximum absolute atomic E-state index is 12.4. The highest BCUT2D eigenvalue weighted by Gasteiger charge is 2.42. The molecule has 6 aromatic carbocycles. The molecular formula is C47H40N6O2. The third kappa shape index (κ3) is 6.63. The maximum atomic E-state index is 12.4. The molecule has 0 saturated heterocycles. The molecule has 0 atom stereocenters. The van der Waals surface area contributed by atoms with Crippen LogP contribution in [0.15, 0.2) is 170 Å². The number of aromatic nitrogens is 6. The fraction of sp³-hybridized carbons (Fsp3) is 0.128. The molecule has 8 aromatic rings. The fourth-order valence-electron chi connectivity index (χ4n) is 7.65. The lowest BCUT2D eigenvalue weighted by molar-refractivity contribution is 0.0697. The lowest BCUT2D eigenvalue weighted by atomic mass is 9.77. The molecule has 0 bridgehead atoms. The highest BCUT2D eigenvalue weighted by Crippen LogP contribution is 2.43. The van der Waals surface area contributed by atoms with E-state index in [1.807, 2.05) is 53.2 Å². The zero-order chi connectivity index (χ0) is 37.6. The van der Waals surface area contributed by atoms with Gasteiger partial charge < -0.3 is 9.67 Å². The van der Waals surface area contributed by atoms with Crippen molar-refractivity contribution in [2.75, 3.05) is 0 Å². The highest BCUT2D eigenvalue weighted by molar-refractivity contribution is 5.95. The van der Waals surface area contributed by atoms with Crippen LogP contribution in [-0.4, -0.2) is 40.8 Å². The van der Waals surface area contributed by atoms with Crippen LogP contribution in [0.3, 0.4) is 0 Å². The lowest BCUT2D eigenvalue weighted by Crippen LogP contribution is -2.39. The van der Waals surface area contributed by atoms with Gasteiger partial charge in [-0.3, -0.25) is 0 Å². The minimum absolute atomic E-state index is 0.240. The Hall–Kier alpha value is -6.93. The summed E-state index contributed by atoms with van der Waals surface area (Å²) in [6.45, 7) is 2.63. The smallest absolute Gasteiger partial charge is 0.336 e. The number of benzene rings is 6. The maximum Gasteiger partial charge on any atom is 0.336 e. The summed E-state index contributed by atoms with van der Waals surface area (Å²) in [6, 6.07) is 55.1. The second-order valence-corrected chi connectivity index (χ2v) is 13.6. The van der Waals surface area contributed by atoms with Gasteiger partial charge in [0, 0.05) is 24.1 Å². The first-order valence-electron chi connectivity index (χ1n) is 18.6. The number of carbonyl (C=O) groups is 1. The van der Waals surface area contributed by atoms with Crippen LogP contribution in [0.4, 0.5) is 0 Å². The van der Waals surface area contributed by atoms with E-state index in [4.69, 9.17) is 15.3 Å². The van der Waals surface area contributed by atoms with Crippen molar-refractivity contribution in [1.29, 1.82) is 0 Å². The van der Waals surface area contributed by atoms with Crippen molar-refractivity contribution in [2.24, 2.45) is 0 Å². The van der Waals surface area contributed by atoms with Crippen LogP contribution >= 0.6 is 0 Å². The van der Waals surface area contributed by atoms with E-state index in [-0.39, 0.29) is 5.56 Å². The second kappa shape index (κ2) is 15.6. The van der Waals surface area contributed by atoms with Gasteiger partial charge in [-0.15, -0.1) is 5.10 Å². The van der Waals surface area contributed by atoms with E-state index in [1.54, 1.807) is 18.3 Å². The van der Waals surface area contributed by atoms with Crippen LogP contribution in [0.1, 0.15) is 58.2 Å². The van der Waals surface area contributed by atoms with Gasteiger partial charge in [0.2, 0.25) is 0 Å². The molecule has 0 aliphatic carbocycles. The molecule has 1 N–H and O–H groups in total. The highest BCUT2D eigenvalue weighted by atomic mass is 16.4. The number of hydrogen-bond acceptors (Lipinski definition) is 5. The average Bonchev–Trinajstić information content (AvgIpc) is 3.89. The fourth-order valence-corrected chi connectivity index (χ4v) is 7.65. The normalized spacial score (nSPS) is 11.4. The van der Waals surface area contributed by atoms with Crippen LogP contribution in [0.5, 0.6) is 0 Å². The second-order valence-electron chi connectivity index (χ2n) is 13.6. The van der Waals surface area contributed by atoms with E-state index < -0.39 is 11.5 Å². The van der Waals surface area contributed by atoms with Gasteiger partial charge in [0.15, 0.2) is 5.82 Å². The Kier molecular flexibility index (Phi) is 9.95. The third-order valence-corrected chi connectivity index (χ3v) is 10.2. The molecule has 8 nitrogen and oxygen atoms in total. The molecule has 0 spiro atoms. The van der Waals surface area contributed by atoms with Crippen molar-refractivity contribution >= 4 is 5.97 Å². The van der Waals surface area contributed by atoms with Gasteiger partial charge in [0.05, 0.1) is 17.5 Å². The standard InChI is InChI=1S/C47H40N6O2/c1-2-3-28-44-48-32-43(40-26-16-17-27-41(40)46(54)55)52(44)33-34-29-30-39(35-18-8-4-9-19-35)42(31-34)45-49-50-51-53(45)47(36-20-10-5-11-21-36,37-22-12-6-13-23-37)38-24-14-7-15-25-38/h4-27,29-32H,2-3,28,33H2,1H3,(H,54,55). The summed E-state index contributed by atoms with van der Waals surface area (Å²) >= 11 is 0. The first-order valence-corrected chi connectivity index (χ1v) is 18.6. The number of aromatic carboxylic acids is 1. The van der Waals surface area contributed by atoms with Gasteiger partial charge >= 0.3 is 5.97 Å². The predicted molar refractivity (Wildman–Crippen MR) is 216 cm³/mol. The third-order valence-electron chi connectivity index (χ3n) is 10.2. The van der Waals surface area contributed by atoms with Gasteiger partial charge in [-0.05, 0) is 62.4 Å². The van der Waals surface area contributed by atoms with Gasteiger partial charge in [-0.1, -0.05) is 165 Å². The molecular weight excluding hydrogens is 681 g/mol. The molecule has 0 saturated carbocycles. The molecule has 55 heavy (non-hydrogen) atoms. The number of carboxylic acids is 1. The van der Waals surface area contributed by atoms with Gasteiger partial charge in [0.1, 0.15) is 11.4 Å². The lowest BCUT2D eigenvalue weighted by Gasteiger charge is -2.36. The number of nitrogens with zero attached hydrogens (tertiary/aromatic N) is 6. The number of carboxylic acid groups (broad SMARTS) is 1. The van der Waals surface area contributed by atoms with E-state index in [9.17, 15) is 9.90 Å². The molecule has 0 amide bonds. The Morgan fingerprint density at radius 3 is 1.85 bits per heavy atom. The molecule has 0 aliphatic rings. The summed E-state index contributed by atoms with van der Waals surface area (Å²) in [5, 5.41) is 24.2. The first-order chi connectivity index (χ1) is 27.1. The van der Waals surface area contributed by atoms with Gasteiger partial charge in [-0.2, -0.15) is 0 Å². The molecule has 2 aromatic heterocycles. The molecule has 270 valence electrons. The van der Waals surface area contributed by atoms with E-state index in [1.165, 1.54) is 0 Å². The Bertz CT molecular complexity index is 2430. The van der Waals surface area contributed by atoms with Crippen LogP contribution in [0, 0.1) is 0 Å². The molecule has 0 radical (unpaired) electrons. The largest absolute Gasteiger partial charge is 0.478 e. The zero-order valence-electron chi connectivity index (χ0n) is 30.5. The summed E-state index contributed by atoms with van der Waals surface area (Å²) < 4.78 is 4.13. The number of unbranched alkanes of at least 4 members (excludes halogenated alkanes) is 1. The minimum Gasteiger partial charge on any atom is -0.478 e. The van der Waals surface area contributed by atoms with E-state index in [0.717, 1.165) is 69.7 Å². The molecule has 0 aliphatic heterocycles. The van der Waals surface area contributed by atoms with Crippen molar-refractivity contribution in [3.63, 3.8) is 0 Å². The number of rotatable bonds is 13. The SMILES string of the molecule is CCCCc1ncc(-c2ccccc2C(=O)O)n1Cc1ccc(-c2ccccc2)c(-c2nnnn2C(c2ccccc2)(c2ccccc2)c2ccccc2)c1. The van der Waals surface area contributed by atoms with Crippen molar-refractivity contribution in [1.82, 2.24) is 29.8 Å². The van der Waals surface area contributed by atoms with Crippen LogP contribution in [0.2, 0.25) is 0 Å². The van der Waals surface area contributed by atoms with Crippen molar-refractivity contribution < 1.29 is 9.90 Å². The number of hydrogen-bond donors (Lipinski definition) is 1. The van der Waals surface area contributed by atoms with E-state index in [2.05, 4.69) is 120 Å². The molecule has 2 heterocycles. The molecule has 8 heteroatoms. The number of tetrazole rings is 1. The quantitative estimate of drug-likeness (QED) is 0.119. The summed E-state index contributed by atoms with van der Waals surface area (Å²) in [6.07, 6.45) is 4.55. The van der Waals surface area contributed by atoms with Crippen molar-refractivity contribution in [2.45, 2.75) is 38.3 Å². The van der Waals surface area contributed by atoms with Crippen LogP contribution < -0.4 is 0 Å². The van der Waals surface area contributed by atoms with Gasteiger partial charge in [0.25, 0.3) is 0 Å². The molecule has 8 rings (SSSR count). The summed E-state index contributed by atoms with van der Waals surface area (Å²) in [7, 11) is 0. The summed E-state index contributed by atoms with van der Waals surface area (Å²) in [4.78, 5) is 17.2. The molecule has 0 fully saturated rings. The van der Waals surface area contributed by atoms with E-state index in [0.29, 0.717) is 17.9 Å². The minimum atomic E-state index is -0.974. The van der Waals surface area contributed by atoms with Crippen LogP contribution in [0.25, 0.3) is 33.8 Å². The zero-order valence-corrected chi connectivity index (χ0v) is 30.5. The summed E-state index contributed by atoms with van der Waals surface area (Å²) in [5.74, 6) is 0.538. The predicted octanol–water partition coefficient (Wildman–Crippen LogP) is 9.80. The van der Waals surface area contributed by atoms with E-state index >= 15 is 0 Å². The Morgan fingerprint density at radius 2 is 1.25 bits per heavy atom. The number of imidazole rings is 1. The van der Waals surface area contributed by atoms with Crippen molar-refractivity contribution in [3.8, 4) is 33.8 Å².